The molecule has 9 heteroatoms. The summed E-state index contributed by atoms with van der Waals surface area (Å²) in [7, 11) is 0. The lowest BCUT2D eigenvalue weighted by molar-refractivity contribution is -0.116. The van der Waals surface area contributed by atoms with Crippen LogP contribution in [-0.2, 0) is 11.3 Å². The summed E-state index contributed by atoms with van der Waals surface area (Å²) in [6, 6.07) is 3.14. The van der Waals surface area contributed by atoms with Crippen LogP contribution in [0.25, 0.3) is 10.2 Å². The molecule has 1 aliphatic heterocycles. The zero-order chi connectivity index (χ0) is 20.7. The first-order valence-corrected chi connectivity index (χ1v) is 9.86. The van der Waals surface area contributed by atoms with Crippen LogP contribution in [0.15, 0.2) is 23.3 Å². The van der Waals surface area contributed by atoms with Crippen LogP contribution in [0, 0.1) is 13.8 Å². The zero-order valence-corrected chi connectivity index (χ0v) is 17.0. The van der Waals surface area contributed by atoms with Crippen LogP contribution in [0.5, 0.6) is 11.5 Å². The Labute approximate surface area is 170 Å². The highest BCUT2D eigenvalue weighted by molar-refractivity contribution is 7.18. The number of carbonyl (C=O) groups excluding carboxylic acids is 2. The van der Waals surface area contributed by atoms with Crippen molar-refractivity contribution in [2.75, 3.05) is 12.1 Å². The third-order valence-electron chi connectivity index (χ3n) is 4.90. The van der Waals surface area contributed by atoms with Gasteiger partial charge in [-0.3, -0.25) is 19.0 Å². The molecule has 0 aliphatic carbocycles. The summed E-state index contributed by atoms with van der Waals surface area (Å²) in [5.41, 5.74) is 1.47. The van der Waals surface area contributed by atoms with E-state index in [4.69, 9.17) is 9.47 Å². The molecule has 3 aromatic rings. The molecule has 1 aliphatic rings. The molecule has 4 rings (SSSR count). The van der Waals surface area contributed by atoms with Crippen molar-refractivity contribution >= 4 is 38.9 Å². The first kappa shape index (κ1) is 19.1. The van der Waals surface area contributed by atoms with Crippen molar-refractivity contribution in [3.63, 3.8) is 0 Å². The summed E-state index contributed by atoms with van der Waals surface area (Å²) < 4.78 is 12.0. The van der Waals surface area contributed by atoms with E-state index >= 15 is 0 Å². The molecule has 3 heterocycles. The average Bonchev–Trinajstić information content (AvgIpc) is 3.24. The number of thiophene rings is 1. The topological polar surface area (TPSA) is 99.5 Å². The van der Waals surface area contributed by atoms with Crippen molar-refractivity contribution in [1.29, 1.82) is 0 Å². The Bertz CT molecular complexity index is 1210. The van der Waals surface area contributed by atoms with E-state index in [-0.39, 0.29) is 37.0 Å². The lowest BCUT2D eigenvalue weighted by atomic mass is 10.1. The molecule has 0 saturated heterocycles. The molecule has 1 N–H and O–H groups in total. The van der Waals surface area contributed by atoms with E-state index in [0.29, 0.717) is 33.0 Å². The number of nitrogens with zero attached hydrogens (tertiary/aromatic N) is 2. The van der Waals surface area contributed by atoms with Crippen LogP contribution < -0.4 is 20.3 Å². The van der Waals surface area contributed by atoms with Gasteiger partial charge in [0, 0.05) is 29.5 Å². The Kier molecular flexibility index (Phi) is 4.83. The molecular weight excluding hydrogens is 394 g/mol. The lowest BCUT2D eigenvalue weighted by Crippen LogP contribution is -2.24. The molecule has 8 nitrogen and oxygen atoms in total. The number of aromatic nitrogens is 2. The fourth-order valence-electron chi connectivity index (χ4n) is 3.20. The van der Waals surface area contributed by atoms with Gasteiger partial charge in [0.2, 0.25) is 12.7 Å². The number of rotatable bonds is 5. The monoisotopic (exact) mass is 413 g/mol. The van der Waals surface area contributed by atoms with Gasteiger partial charge in [-0.1, -0.05) is 0 Å². The number of nitrogens with one attached hydrogen (secondary N) is 1. The molecule has 0 spiro atoms. The largest absolute Gasteiger partial charge is 0.454 e. The predicted molar refractivity (Wildman–Crippen MR) is 109 cm³/mol. The maximum atomic E-state index is 12.7. The molecule has 150 valence electrons. The summed E-state index contributed by atoms with van der Waals surface area (Å²) in [4.78, 5) is 43.2. The van der Waals surface area contributed by atoms with Crippen LogP contribution in [0.3, 0.4) is 0 Å². The third kappa shape index (κ3) is 3.49. The Hall–Kier alpha value is -3.20. The fourth-order valence-corrected chi connectivity index (χ4v) is 4.19. The number of hydrogen-bond acceptors (Lipinski definition) is 7. The smallest absolute Gasteiger partial charge is 0.262 e. The van der Waals surface area contributed by atoms with Gasteiger partial charge in [0.1, 0.15) is 4.83 Å². The van der Waals surface area contributed by atoms with Gasteiger partial charge in [0.15, 0.2) is 17.3 Å². The minimum absolute atomic E-state index is 0.0566. The quantitative estimate of drug-likeness (QED) is 0.646. The van der Waals surface area contributed by atoms with E-state index in [2.05, 4.69) is 10.3 Å². The highest BCUT2D eigenvalue weighted by Gasteiger charge is 2.20. The molecular formula is C20H19N3O5S. The molecule has 0 saturated carbocycles. The second kappa shape index (κ2) is 7.32. The SMILES string of the molecule is CC(=O)c1cc2c(cc1NC(=O)CCn1cnc3sc(C)c(C)c3c1=O)OCO2. The summed E-state index contributed by atoms with van der Waals surface area (Å²) in [5.74, 6) is 0.421. The molecule has 0 bridgehead atoms. The number of benzene rings is 1. The van der Waals surface area contributed by atoms with Crippen LogP contribution in [0.4, 0.5) is 5.69 Å². The van der Waals surface area contributed by atoms with Gasteiger partial charge in [0.05, 0.1) is 17.4 Å². The van der Waals surface area contributed by atoms with Gasteiger partial charge in [-0.2, -0.15) is 0 Å². The van der Waals surface area contributed by atoms with E-state index in [1.165, 1.54) is 29.2 Å². The second-order valence-electron chi connectivity index (χ2n) is 6.81. The van der Waals surface area contributed by atoms with Gasteiger partial charge in [-0.05, 0) is 32.4 Å². The molecule has 2 aromatic heterocycles. The summed E-state index contributed by atoms with van der Waals surface area (Å²) in [6.45, 7) is 5.53. The number of amides is 1. The summed E-state index contributed by atoms with van der Waals surface area (Å²) in [5, 5.41) is 3.34. The number of anilines is 1. The molecule has 0 radical (unpaired) electrons. The van der Waals surface area contributed by atoms with Crippen LogP contribution in [-0.4, -0.2) is 28.0 Å². The number of hydrogen-bond donors (Lipinski definition) is 1. The van der Waals surface area contributed by atoms with Gasteiger partial charge < -0.3 is 14.8 Å². The van der Waals surface area contributed by atoms with Crippen LogP contribution >= 0.6 is 11.3 Å². The van der Waals surface area contributed by atoms with Crippen molar-refractivity contribution in [3.8, 4) is 11.5 Å². The molecule has 0 fully saturated rings. The van der Waals surface area contributed by atoms with Gasteiger partial charge >= 0.3 is 0 Å². The van der Waals surface area contributed by atoms with Crippen LogP contribution in [0.2, 0.25) is 0 Å². The molecule has 1 aromatic carbocycles. The van der Waals surface area contributed by atoms with Crippen molar-refractivity contribution in [2.45, 2.75) is 33.7 Å². The molecule has 0 unspecified atom stereocenters. The average molecular weight is 413 g/mol. The van der Waals surface area contributed by atoms with Crippen molar-refractivity contribution in [1.82, 2.24) is 9.55 Å². The second-order valence-corrected chi connectivity index (χ2v) is 8.02. The summed E-state index contributed by atoms with van der Waals surface area (Å²) in [6.07, 6.45) is 1.52. The predicted octanol–water partition coefficient (Wildman–Crippen LogP) is 3.03. The Balaban J connectivity index is 1.52. The van der Waals surface area contributed by atoms with E-state index in [1.807, 2.05) is 13.8 Å². The maximum Gasteiger partial charge on any atom is 0.262 e. The zero-order valence-electron chi connectivity index (χ0n) is 16.2. The first-order valence-electron chi connectivity index (χ1n) is 9.04. The highest BCUT2D eigenvalue weighted by atomic mass is 32.1. The van der Waals surface area contributed by atoms with Gasteiger partial charge in [-0.25, -0.2) is 4.98 Å². The number of fused-ring (bicyclic) bond motifs is 2. The molecule has 29 heavy (non-hydrogen) atoms. The summed E-state index contributed by atoms with van der Waals surface area (Å²) >= 11 is 1.48. The Morgan fingerprint density at radius 1 is 1.24 bits per heavy atom. The Morgan fingerprint density at radius 2 is 1.97 bits per heavy atom. The highest BCUT2D eigenvalue weighted by Crippen LogP contribution is 2.37. The Morgan fingerprint density at radius 3 is 2.69 bits per heavy atom. The number of aryl methyl sites for hydroxylation is 3. The fraction of sp³-hybridized carbons (Fsp3) is 0.300. The van der Waals surface area contributed by atoms with Crippen molar-refractivity contribution in [3.05, 3.63) is 44.8 Å². The van der Waals surface area contributed by atoms with Crippen LogP contribution in [0.1, 0.15) is 34.1 Å². The minimum atomic E-state index is -0.323. The van der Waals surface area contributed by atoms with Crippen molar-refractivity contribution in [2.24, 2.45) is 0 Å². The first-order chi connectivity index (χ1) is 13.8. The number of ether oxygens (including phenoxy) is 2. The normalized spacial score (nSPS) is 12.4. The van der Waals surface area contributed by atoms with Gasteiger partial charge in [0.25, 0.3) is 5.56 Å². The third-order valence-corrected chi connectivity index (χ3v) is 6.02. The van der Waals surface area contributed by atoms with Crippen molar-refractivity contribution < 1.29 is 19.1 Å². The van der Waals surface area contributed by atoms with E-state index in [1.54, 1.807) is 12.1 Å². The lowest BCUT2D eigenvalue weighted by Gasteiger charge is -2.11. The number of ketones is 1. The van der Waals surface area contributed by atoms with E-state index in [0.717, 1.165) is 10.4 Å². The number of Topliss-reactive ketones (excluding diaryl/α,β-unsaturated/α-hetero) is 1. The standard InChI is InChI=1S/C20H19N3O5S/c1-10-12(3)29-19-18(10)20(26)23(8-21-19)5-4-17(25)22-14-7-16-15(27-9-28-16)6-13(14)11(2)24/h6-8H,4-5,9H2,1-3H3,(H,22,25). The molecule has 0 atom stereocenters. The maximum absolute atomic E-state index is 12.7. The molecule has 1 amide bonds. The number of carbonyl (C=O) groups is 2. The van der Waals surface area contributed by atoms with E-state index in [9.17, 15) is 14.4 Å². The minimum Gasteiger partial charge on any atom is -0.454 e. The van der Waals surface area contributed by atoms with Gasteiger partial charge in [-0.15, -0.1) is 11.3 Å². The van der Waals surface area contributed by atoms with E-state index < -0.39 is 0 Å².